The van der Waals surface area contributed by atoms with E-state index < -0.39 is 0 Å². The minimum absolute atomic E-state index is 0.764. The molecule has 1 aromatic heterocycles. The van der Waals surface area contributed by atoms with Crippen molar-refractivity contribution in [1.82, 2.24) is 20.4 Å². The predicted octanol–water partition coefficient (Wildman–Crippen LogP) is 8.08. The zero-order chi connectivity index (χ0) is 28.7. The minimum atomic E-state index is 0.764. The Hall–Kier alpha value is -4.33. The molecule has 1 aliphatic heterocycles. The first kappa shape index (κ1) is 30.2. The smallest absolute Gasteiger partial charge is 0.116 e. The molecule has 0 spiro atoms. The Morgan fingerprint density at radius 3 is 2.48 bits per heavy atom. The number of allylic oxidation sites excluding steroid dienone is 6. The number of nitrogens with zero attached hydrogens (tertiary/aromatic N) is 2. The number of nitrogens with one attached hydrogen (secondary N) is 2. The second-order valence-corrected chi connectivity index (χ2v) is 9.78. The summed E-state index contributed by atoms with van der Waals surface area (Å²) in [6, 6.07) is 16.9. The van der Waals surface area contributed by atoms with E-state index in [0.29, 0.717) is 0 Å². The number of terminal acetylenes is 1. The van der Waals surface area contributed by atoms with Gasteiger partial charge in [-0.25, -0.2) is 0 Å². The third kappa shape index (κ3) is 8.33. The maximum absolute atomic E-state index is 4.60. The molecule has 40 heavy (non-hydrogen) atoms. The number of aromatic amines is 1. The van der Waals surface area contributed by atoms with Gasteiger partial charge in [0.15, 0.2) is 0 Å². The number of hydrogen-bond acceptors (Lipinski definition) is 3. The molecule has 0 aliphatic carbocycles. The molecular weight excluding hydrogens is 488 g/mol. The molecule has 206 valence electrons. The molecule has 0 radical (unpaired) electrons. The zero-order valence-electron chi connectivity index (χ0n) is 24.0. The average molecular weight is 531 g/mol. The topological polar surface area (TPSA) is 44.0 Å². The Morgan fingerprint density at radius 1 is 1.05 bits per heavy atom. The Kier molecular flexibility index (Phi) is 12.0. The van der Waals surface area contributed by atoms with Crippen LogP contribution in [0.1, 0.15) is 49.9 Å². The van der Waals surface area contributed by atoms with Crippen LogP contribution in [-0.2, 0) is 6.42 Å². The summed E-state index contributed by atoms with van der Waals surface area (Å²) in [6.07, 6.45) is 25.5. The normalized spacial score (nSPS) is 15.1. The molecule has 2 N–H and O–H groups in total. The van der Waals surface area contributed by atoms with Crippen LogP contribution in [-0.4, -0.2) is 34.7 Å². The molecule has 0 amide bonds. The Labute approximate surface area is 240 Å². The Bertz CT molecular complexity index is 1410. The van der Waals surface area contributed by atoms with Crippen LogP contribution in [0.25, 0.3) is 22.2 Å². The van der Waals surface area contributed by atoms with Crippen molar-refractivity contribution in [2.75, 3.05) is 19.6 Å². The molecule has 0 unspecified atom stereocenters. The second kappa shape index (κ2) is 15.9. The van der Waals surface area contributed by atoms with E-state index in [1.165, 1.54) is 49.1 Å². The maximum atomic E-state index is 4.60. The van der Waals surface area contributed by atoms with Crippen LogP contribution >= 0.6 is 0 Å². The van der Waals surface area contributed by atoms with E-state index in [1.54, 1.807) is 0 Å². The van der Waals surface area contributed by atoms with E-state index in [-0.39, 0.29) is 0 Å². The van der Waals surface area contributed by atoms with Gasteiger partial charge in [0.1, 0.15) is 5.69 Å². The summed E-state index contributed by atoms with van der Waals surface area (Å²) in [5.41, 5.74) is 8.44. The summed E-state index contributed by atoms with van der Waals surface area (Å²) in [7, 11) is 0. The standard InChI is InChI=1S/C34H40N4.C2H2/c1-5-27(25-38-21-12-9-13-22-38)23-29(6-2)30-19-20-33-32(24-30)34(37-36-33)26(4)35-31(7-3)18-14-17-28-15-10-8-11-16-28;1-2/h5-8,10-11,14-16,18-20,23-24,35H,1,4,9,12-13,17,21-22,25H2,2-3H3,(H,36,37);1-2H/b18-14-,27-23+,29-6+,31-7+;. The van der Waals surface area contributed by atoms with Gasteiger partial charge in [-0.3, -0.25) is 10.00 Å². The number of piperidine rings is 1. The number of hydrogen-bond donors (Lipinski definition) is 2. The number of rotatable bonds is 11. The quantitative estimate of drug-likeness (QED) is 0.195. The number of H-pyrrole nitrogens is 1. The van der Waals surface area contributed by atoms with E-state index in [4.69, 9.17) is 0 Å². The number of fused-ring (bicyclic) bond motifs is 1. The fourth-order valence-corrected chi connectivity index (χ4v) is 4.88. The van der Waals surface area contributed by atoms with Gasteiger partial charge in [-0.15, -0.1) is 12.8 Å². The lowest BCUT2D eigenvalue weighted by Crippen LogP contribution is -2.31. The van der Waals surface area contributed by atoms with Crippen molar-refractivity contribution in [1.29, 1.82) is 0 Å². The van der Waals surface area contributed by atoms with Gasteiger partial charge in [-0.05, 0) is 86.7 Å². The highest BCUT2D eigenvalue weighted by Crippen LogP contribution is 2.27. The average Bonchev–Trinajstić information content (AvgIpc) is 3.44. The highest BCUT2D eigenvalue weighted by atomic mass is 15.1. The van der Waals surface area contributed by atoms with Gasteiger partial charge < -0.3 is 5.32 Å². The molecule has 1 fully saturated rings. The number of benzene rings is 2. The SMILES string of the molecule is C#C.C=C/C(=C\C(=C/C)c1ccc2[nH]nc(C(=C)NC(/C=C\Cc3ccccc3)=C/C)c2c1)CN1CCCCC1. The molecule has 0 atom stereocenters. The summed E-state index contributed by atoms with van der Waals surface area (Å²) in [5.74, 6) is 0. The molecule has 0 saturated carbocycles. The van der Waals surface area contributed by atoms with E-state index in [9.17, 15) is 0 Å². The monoisotopic (exact) mass is 530 g/mol. The first-order valence-electron chi connectivity index (χ1n) is 14.0. The first-order valence-corrected chi connectivity index (χ1v) is 14.0. The van der Waals surface area contributed by atoms with Crippen molar-refractivity contribution in [3.8, 4) is 12.8 Å². The Balaban J connectivity index is 0.00000216. The van der Waals surface area contributed by atoms with E-state index in [1.807, 2.05) is 19.1 Å². The van der Waals surface area contributed by atoms with Gasteiger partial charge in [0.05, 0.1) is 11.2 Å². The number of likely N-dealkylation sites (tertiary alicyclic amines) is 1. The van der Waals surface area contributed by atoms with Gasteiger partial charge in [-0.2, -0.15) is 5.10 Å². The summed E-state index contributed by atoms with van der Waals surface area (Å²) >= 11 is 0. The van der Waals surface area contributed by atoms with Crippen molar-refractivity contribution in [2.45, 2.75) is 39.5 Å². The van der Waals surface area contributed by atoms with E-state index in [0.717, 1.165) is 46.5 Å². The summed E-state index contributed by atoms with van der Waals surface area (Å²) < 4.78 is 0. The minimum Gasteiger partial charge on any atom is -0.354 e. The second-order valence-electron chi connectivity index (χ2n) is 9.78. The third-order valence-electron chi connectivity index (χ3n) is 7.05. The van der Waals surface area contributed by atoms with Gasteiger partial charge >= 0.3 is 0 Å². The molecule has 4 heteroatoms. The molecule has 2 heterocycles. The lowest BCUT2D eigenvalue weighted by molar-refractivity contribution is 0.248. The molecular formula is C36H42N4. The lowest BCUT2D eigenvalue weighted by Gasteiger charge is -2.26. The van der Waals surface area contributed by atoms with Crippen LogP contribution in [0.3, 0.4) is 0 Å². The van der Waals surface area contributed by atoms with Crippen LogP contribution in [0.5, 0.6) is 0 Å². The molecule has 3 aromatic rings. The van der Waals surface area contributed by atoms with Crippen LogP contribution in [0, 0.1) is 12.8 Å². The fourth-order valence-electron chi connectivity index (χ4n) is 4.88. The van der Waals surface area contributed by atoms with Crippen molar-refractivity contribution in [2.24, 2.45) is 0 Å². The van der Waals surface area contributed by atoms with Gasteiger partial charge in [0.25, 0.3) is 0 Å². The maximum Gasteiger partial charge on any atom is 0.116 e. The van der Waals surface area contributed by atoms with Crippen LogP contribution in [0.15, 0.2) is 109 Å². The van der Waals surface area contributed by atoms with E-state index in [2.05, 4.69) is 126 Å². The molecule has 4 nitrogen and oxygen atoms in total. The largest absolute Gasteiger partial charge is 0.354 e. The van der Waals surface area contributed by atoms with Crippen LogP contribution < -0.4 is 5.32 Å². The van der Waals surface area contributed by atoms with Gasteiger partial charge in [0.2, 0.25) is 0 Å². The zero-order valence-corrected chi connectivity index (χ0v) is 24.0. The fraction of sp³-hybridized carbons (Fsp3) is 0.250. The molecule has 1 aliphatic rings. The van der Waals surface area contributed by atoms with Crippen LogP contribution in [0.2, 0.25) is 0 Å². The van der Waals surface area contributed by atoms with Crippen molar-refractivity contribution >= 4 is 22.2 Å². The van der Waals surface area contributed by atoms with Crippen molar-refractivity contribution in [3.63, 3.8) is 0 Å². The lowest BCUT2D eigenvalue weighted by atomic mass is 9.99. The summed E-state index contributed by atoms with van der Waals surface area (Å²) in [5, 5.41) is 12.3. The Morgan fingerprint density at radius 2 is 1.80 bits per heavy atom. The van der Waals surface area contributed by atoms with Crippen LogP contribution in [0.4, 0.5) is 0 Å². The van der Waals surface area contributed by atoms with E-state index >= 15 is 0 Å². The molecule has 0 bridgehead atoms. The van der Waals surface area contributed by atoms with Crippen molar-refractivity contribution in [3.05, 3.63) is 126 Å². The molecule has 1 saturated heterocycles. The van der Waals surface area contributed by atoms with Gasteiger partial charge in [-0.1, -0.05) is 86.4 Å². The highest BCUT2D eigenvalue weighted by molar-refractivity contribution is 5.93. The third-order valence-corrected chi connectivity index (χ3v) is 7.05. The molecule has 4 rings (SSSR count). The van der Waals surface area contributed by atoms with Crippen molar-refractivity contribution < 1.29 is 0 Å². The summed E-state index contributed by atoms with van der Waals surface area (Å²) in [6.45, 7) is 15.8. The molecule has 2 aromatic carbocycles. The highest BCUT2D eigenvalue weighted by Gasteiger charge is 2.13. The van der Waals surface area contributed by atoms with Gasteiger partial charge in [0, 0.05) is 17.6 Å². The number of aromatic nitrogens is 2. The first-order chi connectivity index (χ1) is 19.6. The summed E-state index contributed by atoms with van der Waals surface area (Å²) in [4.78, 5) is 2.53. The predicted molar refractivity (Wildman–Crippen MR) is 173 cm³/mol.